The Hall–Kier alpha value is -4.98. The third kappa shape index (κ3) is 6.97. The number of anilines is 5. The molecule has 0 radical (unpaired) electrons. The Labute approximate surface area is 253 Å². The molecule has 0 bridgehead atoms. The van der Waals surface area contributed by atoms with E-state index in [1.807, 2.05) is 23.1 Å². The summed E-state index contributed by atoms with van der Waals surface area (Å²) in [4.78, 5) is 34.7. The summed E-state index contributed by atoms with van der Waals surface area (Å²) in [6, 6.07) is 13.7. The standard InChI is InChI=1S/C30H35FN8O5/c1-30(2,3)28(40)44-18-38-12-10-23-26(33-19-6-5-7-22(14-19)39(41)42)35-29(36-27(23)38)34-24-9-8-20(15-25(24)43-4)32-21-16-37(17-21)13-11-31/h5-10,12,14-15,21,32H,11,13,16-18H2,1-4H3,(H2,33,34,35,36). The van der Waals surface area contributed by atoms with Gasteiger partial charge in [0.2, 0.25) is 5.95 Å². The lowest BCUT2D eigenvalue weighted by molar-refractivity contribution is -0.384. The van der Waals surface area contributed by atoms with Crippen molar-refractivity contribution < 1.29 is 23.6 Å². The molecule has 0 atom stereocenters. The fourth-order valence-corrected chi connectivity index (χ4v) is 4.70. The Morgan fingerprint density at radius 1 is 1.11 bits per heavy atom. The first-order chi connectivity index (χ1) is 21.0. The van der Waals surface area contributed by atoms with Crippen LogP contribution in [0, 0.1) is 15.5 Å². The van der Waals surface area contributed by atoms with E-state index in [-0.39, 0.29) is 37.1 Å². The van der Waals surface area contributed by atoms with Crippen molar-refractivity contribution in [3.8, 4) is 5.75 Å². The molecule has 13 nitrogen and oxygen atoms in total. The molecule has 1 fully saturated rings. The van der Waals surface area contributed by atoms with Crippen molar-refractivity contribution in [2.24, 2.45) is 5.41 Å². The molecule has 3 N–H and O–H groups in total. The molecule has 2 aromatic heterocycles. The van der Waals surface area contributed by atoms with Crippen LogP contribution < -0.4 is 20.7 Å². The number of hydrogen-bond donors (Lipinski definition) is 3. The van der Waals surface area contributed by atoms with Crippen LogP contribution in [0.5, 0.6) is 5.75 Å². The number of aromatic nitrogens is 3. The smallest absolute Gasteiger partial charge is 0.312 e. The van der Waals surface area contributed by atoms with Crippen LogP contribution in [0.15, 0.2) is 54.7 Å². The summed E-state index contributed by atoms with van der Waals surface area (Å²) in [6.45, 7) is 6.87. The third-order valence-electron chi connectivity index (χ3n) is 7.06. The molecule has 44 heavy (non-hydrogen) atoms. The molecule has 1 aliphatic rings. The molecule has 0 saturated carbocycles. The summed E-state index contributed by atoms with van der Waals surface area (Å²) in [7, 11) is 1.56. The Kier molecular flexibility index (Phi) is 8.81. The van der Waals surface area contributed by atoms with Gasteiger partial charge in [-0.05, 0) is 45.0 Å². The van der Waals surface area contributed by atoms with Crippen molar-refractivity contribution in [3.63, 3.8) is 0 Å². The predicted molar refractivity (Wildman–Crippen MR) is 166 cm³/mol. The van der Waals surface area contributed by atoms with E-state index in [9.17, 15) is 19.3 Å². The van der Waals surface area contributed by atoms with Crippen molar-refractivity contribution in [1.82, 2.24) is 19.4 Å². The van der Waals surface area contributed by atoms with E-state index in [0.717, 1.165) is 18.8 Å². The zero-order chi connectivity index (χ0) is 31.4. The van der Waals surface area contributed by atoms with Crippen LogP contribution in [0.2, 0.25) is 0 Å². The summed E-state index contributed by atoms with van der Waals surface area (Å²) in [5, 5.41) is 21.8. The maximum Gasteiger partial charge on any atom is 0.312 e. The van der Waals surface area contributed by atoms with E-state index in [4.69, 9.17) is 14.5 Å². The molecular weight excluding hydrogens is 571 g/mol. The lowest BCUT2D eigenvalue weighted by Gasteiger charge is -2.39. The third-order valence-corrected chi connectivity index (χ3v) is 7.06. The van der Waals surface area contributed by atoms with Gasteiger partial charge in [0.1, 0.15) is 23.9 Å². The minimum absolute atomic E-state index is 0.0687. The monoisotopic (exact) mass is 606 g/mol. The summed E-state index contributed by atoms with van der Waals surface area (Å²) in [6.07, 6.45) is 1.73. The topological polar surface area (TPSA) is 149 Å². The number of likely N-dealkylation sites (tertiary alicyclic amines) is 1. The number of non-ortho nitro benzene ring substituents is 1. The number of esters is 1. The molecule has 0 spiro atoms. The van der Waals surface area contributed by atoms with Gasteiger partial charge in [0.15, 0.2) is 6.73 Å². The van der Waals surface area contributed by atoms with Gasteiger partial charge in [0.25, 0.3) is 5.69 Å². The first-order valence-electron chi connectivity index (χ1n) is 14.1. The number of benzene rings is 2. The number of rotatable bonds is 12. The van der Waals surface area contributed by atoms with Gasteiger partial charge < -0.3 is 25.4 Å². The van der Waals surface area contributed by atoms with E-state index < -0.39 is 10.3 Å². The zero-order valence-electron chi connectivity index (χ0n) is 25.0. The van der Waals surface area contributed by atoms with Gasteiger partial charge in [-0.15, -0.1) is 0 Å². The van der Waals surface area contributed by atoms with Crippen molar-refractivity contribution in [1.29, 1.82) is 0 Å². The van der Waals surface area contributed by atoms with Gasteiger partial charge >= 0.3 is 5.97 Å². The molecule has 0 unspecified atom stereocenters. The average molecular weight is 607 g/mol. The lowest BCUT2D eigenvalue weighted by atomic mass is 9.98. The van der Waals surface area contributed by atoms with Gasteiger partial charge in [0.05, 0.1) is 34.6 Å². The van der Waals surface area contributed by atoms with Crippen LogP contribution in [0.4, 0.5) is 38.9 Å². The normalized spacial score (nSPS) is 13.8. The number of nitro benzene ring substituents is 1. The molecule has 14 heteroatoms. The molecule has 3 heterocycles. The summed E-state index contributed by atoms with van der Waals surface area (Å²) >= 11 is 0. The second kappa shape index (κ2) is 12.7. The molecule has 1 saturated heterocycles. The number of nitro groups is 1. The summed E-state index contributed by atoms with van der Waals surface area (Å²) in [5.41, 5.74) is 1.65. The molecular formula is C30H35FN8O5. The van der Waals surface area contributed by atoms with Crippen LogP contribution in [0.1, 0.15) is 20.8 Å². The molecule has 2 aromatic carbocycles. The van der Waals surface area contributed by atoms with Gasteiger partial charge in [-0.2, -0.15) is 9.97 Å². The van der Waals surface area contributed by atoms with E-state index in [1.54, 1.807) is 56.8 Å². The first-order valence-corrected chi connectivity index (χ1v) is 14.1. The molecule has 232 valence electrons. The minimum Gasteiger partial charge on any atom is -0.494 e. The number of halogens is 1. The Morgan fingerprint density at radius 2 is 1.91 bits per heavy atom. The number of alkyl halides is 1. The number of nitrogens with zero attached hydrogens (tertiary/aromatic N) is 5. The highest BCUT2D eigenvalue weighted by Gasteiger charge is 2.26. The van der Waals surface area contributed by atoms with Crippen molar-refractivity contribution >= 4 is 51.5 Å². The average Bonchev–Trinajstić information content (AvgIpc) is 3.38. The van der Waals surface area contributed by atoms with Gasteiger partial charge in [0, 0.05) is 55.4 Å². The fraction of sp³-hybridized carbons (Fsp3) is 0.367. The van der Waals surface area contributed by atoms with E-state index in [0.29, 0.717) is 40.5 Å². The Bertz CT molecular complexity index is 1670. The van der Waals surface area contributed by atoms with E-state index in [2.05, 4.69) is 20.9 Å². The number of fused-ring (bicyclic) bond motifs is 1. The maximum absolute atomic E-state index is 12.6. The molecule has 1 aliphatic heterocycles. The SMILES string of the molecule is COc1cc(NC2CN(CCF)C2)ccc1Nc1nc(Nc2cccc([N+](=O)[O-])c2)c2ccn(COC(=O)C(C)(C)C)c2n1. The Balaban J connectivity index is 1.44. The molecule has 5 rings (SSSR count). The quantitative estimate of drug-likeness (QED) is 0.107. The van der Waals surface area contributed by atoms with Gasteiger partial charge in [-0.3, -0.25) is 24.4 Å². The van der Waals surface area contributed by atoms with Crippen molar-refractivity contribution in [2.45, 2.75) is 33.5 Å². The molecule has 4 aromatic rings. The van der Waals surface area contributed by atoms with Crippen LogP contribution in [0.25, 0.3) is 11.0 Å². The van der Waals surface area contributed by atoms with E-state index >= 15 is 0 Å². The van der Waals surface area contributed by atoms with Crippen molar-refractivity contribution in [2.75, 3.05) is 49.4 Å². The van der Waals surface area contributed by atoms with Gasteiger partial charge in [-0.25, -0.2) is 4.39 Å². The zero-order valence-corrected chi connectivity index (χ0v) is 25.0. The molecule has 0 aliphatic carbocycles. The first kappa shape index (κ1) is 30.5. The lowest BCUT2D eigenvalue weighted by Crippen LogP contribution is -2.55. The summed E-state index contributed by atoms with van der Waals surface area (Å²) < 4.78 is 25.4. The van der Waals surface area contributed by atoms with Crippen molar-refractivity contribution in [3.05, 3.63) is 64.8 Å². The Morgan fingerprint density at radius 3 is 2.61 bits per heavy atom. The van der Waals surface area contributed by atoms with Crippen LogP contribution in [0.3, 0.4) is 0 Å². The number of nitrogens with one attached hydrogen (secondary N) is 3. The predicted octanol–water partition coefficient (Wildman–Crippen LogP) is 5.45. The molecule has 0 amide bonds. The number of hydrogen-bond acceptors (Lipinski definition) is 11. The van der Waals surface area contributed by atoms with Crippen LogP contribution >= 0.6 is 0 Å². The van der Waals surface area contributed by atoms with Crippen LogP contribution in [-0.4, -0.2) is 69.8 Å². The highest BCUT2D eigenvalue weighted by Crippen LogP contribution is 2.33. The second-order valence-corrected chi connectivity index (χ2v) is 11.5. The highest BCUT2D eigenvalue weighted by molar-refractivity contribution is 5.91. The van der Waals surface area contributed by atoms with Crippen LogP contribution in [-0.2, 0) is 16.3 Å². The number of methoxy groups -OCH3 is 1. The number of carbonyl (C=O) groups excluding carboxylic acids is 1. The second-order valence-electron chi connectivity index (χ2n) is 11.5. The largest absolute Gasteiger partial charge is 0.494 e. The minimum atomic E-state index is -0.677. The fourth-order valence-electron chi connectivity index (χ4n) is 4.70. The van der Waals surface area contributed by atoms with E-state index in [1.165, 1.54) is 12.1 Å². The summed E-state index contributed by atoms with van der Waals surface area (Å²) in [5.74, 6) is 0.782. The maximum atomic E-state index is 12.6. The van der Waals surface area contributed by atoms with Gasteiger partial charge in [-0.1, -0.05) is 6.07 Å². The number of ether oxygens (including phenoxy) is 2. The highest BCUT2D eigenvalue weighted by atomic mass is 19.1. The number of carbonyl (C=O) groups is 1.